The highest BCUT2D eigenvalue weighted by molar-refractivity contribution is 5.97. The number of amides is 2. The molecule has 0 aromatic heterocycles. The molecule has 0 unspecified atom stereocenters. The number of anilines is 2. The summed E-state index contributed by atoms with van der Waals surface area (Å²) in [6.45, 7) is 2.81. The predicted molar refractivity (Wildman–Crippen MR) is 90.7 cm³/mol. The van der Waals surface area contributed by atoms with Gasteiger partial charge in [0, 0.05) is 18.3 Å². The Balaban J connectivity index is 1.93. The van der Waals surface area contributed by atoms with Gasteiger partial charge in [0.2, 0.25) is 5.91 Å². The fourth-order valence-electron chi connectivity index (χ4n) is 1.95. The maximum atomic E-state index is 12.8. The molecule has 7 heteroatoms. The zero-order valence-corrected chi connectivity index (χ0v) is 13.7. The average molecular weight is 344 g/mol. The molecule has 0 aliphatic carbocycles. The molecule has 6 nitrogen and oxygen atoms in total. The zero-order chi connectivity index (χ0) is 18.4. The van der Waals surface area contributed by atoms with Crippen LogP contribution in [0.25, 0.3) is 0 Å². The number of esters is 1. The third kappa shape index (κ3) is 5.42. The van der Waals surface area contributed by atoms with Crippen molar-refractivity contribution in [2.45, 2.75) is 20.0 Å². The zero-order valence-electron chi connectivity index (χ0n) is 13.7. The molecule has 0 aliphatic heterocycles. The van der Waals surface area contributed by atoms with E-state index in [1.807, 2.05) is 0 Å². The van der Waals surface area contributed by atoms with Crippen molar-refractivity contribution in [2.24, 2.45) is 0 Å². The summed E-state index contributed by atoms with van der Waals surface area (Å²) in [5, 5.41) is 5.11. The number of benzene rings is 2. The summed E-state index contributed by atoms with van der Waals surface area (Å²) < 4.78 is 17.9. The standard InChI is InChI=1S/C18H17FN2O4/c1-11(17(23)21-16-9-5-14(19)6-10-16)25-18(24)13-3-7-15(8-4-13)20-12(2)22/h3-11H,1-2H3,(H,20,22)(H,21,23)/t11-/m0/s1. The molecule has 130 valence electrons. The van der Waals surface area contributed by atoms with Gasteiger partial charge in [-0.1, -0.05) is 0 Å². The van der Waals surface area contributed by atoms with Crippen molar-refractivity contribution < 1.29 is 23.5 Å². The van der Waals surface area contributed by atoms with E-state index in [0.717, 1.165) is 0 Å². The van der Waals surface area contributed by atoms with Crippen molar-refractivity contribution in [3.05, 3.63) is 59.9 Å². The first-order valence-corrected chi connectivity index (χ1v) is 7.50. The SMILES string of the molecule is CC(=O)Nc1ccc(C(=O)O[C@@H](C)C(=O)Nc2ccc(F)cc2)cc1. The minimum Gasteiger partial charge on any atom is -0.449 e. The summed E-state index contributed by atoms with van der Waals surface area (Å²) >= 11 is 0. The molecule has 0 aliphatic rings. The summed E-state index contributed by atoms with van der Waals surface area (Å²) in [4.78, 5) is 35.0. The molecule has 0 spiro atoms. The summed E-state index contributed by atoms with van der Waals surface area (Å²) in [6, 6.07) is 11.3. The third-order valence-electron chi connectivity index (χ3n) is 3.21. The van der Waals surface area contributed by atoms with Crippen LogP contribution >= 0.6 is 0 Å². The smallest absolute Gasteiger partial charge is 0.338 e. The Morgan fingerprint density at radius 3 is 2.00 bits per heavy atom. The molecule has 0 heterocycles. The molecule has 1 atom stereocenters. The number of hydrogen-bond acceptors (Lipinski definition) is 4. The molecule has 2 rings (SSSR count). The first kappa shape index (κ1) is 18.1. The van der Waals surface area contributed by atoms with Crippen LogP contribution in [0.15, 0.2) is 48.5 Å². The summed E-state index contributed by atoms with van der Waals surface area (Å²) in [6.07, 6.45) is -1.03. The van der Waals surface area contributed by atoms with Gasteiger partial charge >= 0.3 is 5.97 Å². The molecule has 0 bridgehead atoms. The fraction of sp³-hybridized carbons (Fsp3) is 0.167. The Kier molecular flexibility index (Phi) is 5.84. The monoisotopic (exact) mass is 344 g/mol. The number of rotatable bonds is 5. The van der Waals surface area contributed by atoms with Gasteiger partial charge in [-0.25, -0.2) is 9.18 Å². The van der Waals surface area contributed by atoms with E-state index in [0.29, 0.717) is 11.4 Å². The molecule has 25 heavy (non-hydrogen) atoms. The maximum absolute atomic E-state index is 12.8. The van der Waals surface area contributed by atoms with Crippen molar-refractivity contribution in [1.29, 1.82) is 0 Å². The minimum absolute atomic E-state index is 0.221. The lowest BCUT2D eigenvalue weighted by molar-refractivity contribution is -0.123. The largest absolute Gasteiger partial charge is 0.449 e. The Hall–Kier alpha value is -3.22. The predicted octanol–water partition coefficient (Wildman–Crippen LogP) is 2.97. The first-order chi connectivity index (χ1) is 11.8. The van der Waals surface area contributed by atoms with E-state index in [1.165, 1.54) is 50.2 Å². The molecule has 0 saturated carbocycles. The van der Waals surface area contributed by atoms with Crippen molar-refractivity contribution in [3.8, 4) is 0 Å². The van der Waals surface area contributed by atoms with Crippen LogP contribution in [0.4, 0.5) is 15.8 Å². The van der Waals surface area contributed by atoms with Crippen molar-refractivity contribution >= 4 is 29.2 Å². The molecular weight excluding hydrogens is 327 g/mol. The van der Waals surface area contributed by atoms with Gasteiger partial charge in [0.25, 0.3) is 5.91 Å². The van der Waals surface area contributed by atoms with Crippen LogP contribution in [0.1, 0.15) is 24.2 Å². The van der Waals surface area contributed by atoms with E-state index in [9.17, 15) is 18.8 Å². The van der Waals surface area contributed by atoms with Gasteiger partial charge in [-0.05, 0) is 55.5 Å². The molecule has 2 N–H and O–H groups in total. The average Bonchev–Trinajstić information content (AvgIpc) is 2.57. The van der Waals surface area contributed by atoms with E-state index in [1.54, 1.807) is 12.1 Å². The van der Waals surface area contributed by atoms with Crippen molar-refractivity contribution in [3.63, 3.8) is 0 Å². The number of ether oxygens (including phenoxy) is 1. The molecule has 0 radical (unpaired) electrons. The van der Waals surface area contributed by atoms with Crippen LogP contribution < -0.4 is 10.6 Å². The van der Waals surface area contributed by atoms with Gasteiger partial charge in [0.1, 0.15) is 5.82 Å². The lowest BCUT2D eigenvalue weighted by atomic mass is 10.2. The molecule has 2 aromatic rings. The quantitative estimate of drug-likeness (QED) is 0.817. The first-order valence-electron chi connectivity index (χ1n) is 7.50. The van der Waals surface area contributed by atoms with Crippen LogP contribution in [0, 0.1) is 5.82 Å². The van der Waals surface area contributed by atoms with Gasteiger partial charge in [-0.2, -0.15) is 0 Å². The summed E-state index contributed by atoms with van der Waals surface area (Å²) in [5.74, 6) is -1.84. The highest BCUT2D eigenvalue weighted by Gasteiger charge is 2.19. The van der Waals surface area contributed by atoms with E-state index < -0.39 is 23.8 Å². The van der Waals surface area contributed by atoms with E-state index >= 15 is 0 Å². The van der Waals surface area contributed by atoms with Crippen LogP contribution in [0.3, 0.4) is 0 Å². The number of halogens is 1. The highest BCUT2D eigenvalue weighted by Crippen LogP contribution is 2.13. The van der Waals surface area contributed by atoms with Gasteiger partial charge < -0.3 is 15.4 Å². The highest BCUT2D eigenvalue weighted by atomic mass is 19.1. The number of carbonyl (C=O) groups is 3. The van der Waals surface area contributed by atoms with Gasteiger partial charge in [-0.3, -0.25) is 9.59 Å². The minimum atomic E-state index is -1.03. The van der Waals surface area contributed by atoms with Crippen LogP contribution in [-0.2, 0) is 14.3 Å². The fourth-order valence-corrected chi connectivity index (χ4v) is 1.95. The topological polar surface area (TPSA) is 84.5 Å². The van der Waals surface area contributed by atoms with E-state index in [4.69, 9.17) is 4.74 Å². The molecule has 2 aromatic carbocycles. The number of hydrogen-bond donors (Lipinski definition) is 2. The second kappa shape index (κ2) is 8.05. The van der Waals surface area contributed by atoms with Crippen LogP contribution in [-0.4, -0.2) is 23.9 Å². The maximum Gasteiger partial charge on any atom is 0.338 e. The van der Waals surface area contributed by atoms with Gasteiger partial charge in [0.15, 0.2) is 6.10 Å². The third-order valence-corrected chi connectivity index (χ3v) is 3.21. The van der Waals surface area contributed by atoms with E-state index in [-0.39, 0.29) is 11.5 Å². The summed E-state index contributed by atoms with van der Waals surface area (Å²) in [7, 11) is 0. The number of carbonyl (C=O) groups excluding carboxylic acids is 3. The van der Waals surface area contributed by atoms with Crippen molar-refractivity contribution in [1.82, 2.24) is 0 Å². The van der Waals surface area contributed by atoms with Crippen molar-refractivity contribution in [2.75, 3.05) is 10.6 Å². The summed E-state index contributed by atoms with van der Waals surface area (Å²) in [5.41, 5.74) is 1.19. The molecule has 2 amide bonds. The normalized spacial score (nSPS) is 11.3. The second-order valence-corrected chi connectivity index (χ2v) is 5.30. The lowest BCUT2D eigenvalue weighted by Gasteiger charge is -2.13. The Bertz CT molecular complexity index is 773. The molecule has 0 fully saturated rings. The van der Waals surface area contributed by atoms with Gasteiger partial charge in [0.05, 0.1) is 5.56 Å². The van der Waals surface area contributed by atoms with Gasteiger partial charge in [-0.15, -0.1) is 0 Å². The Labute approximate surface area is 144 Å². The lowest BCUT2D eigenvalue weighted by Crippen LogP contribution is -2.30. The molecular formula is C18H17FN2O4. The molecule has 0 saturated heterocycles. The second-order valence-electron chi connectivity index (χ2n) is 5.30. The van der Waals surface area contributed by atoms with E-state index in [2.05, 4.69) is 10.6 Å². The van der Waals surface area contributed by atoms with Crippen LogP contribution in [0.2, 0.25) is 0 Å². The Morgan fingerprint density at radius 1 is 0.920 bits per heavy atom. The number of nitrogens with one attached hydrogen (secondary N) is 2. The van der Waals surface area contributed by atoms with Crippen LogP contribution in [0.5, 0.6) is 0 Å². The Morgan fingerprint density at radius 2 is 1.44 bits per heavy atom.